The third-order valence-corrected chi connectivity index (χ3v) is 7.00. The molecule has 184 valence electrons. The highest BCUT2D eigenvalue weighted by atomic mass is 16.5. The smallest absolute Gasteiger partial charge is 0.222 e. The zero-order valence-corrected chi connectivity index (χ0v) is 20.8. The fourth-order valence-corrected chi connectivity index (χ4v) is 5.24. The molecule has 0 fully saturated rings. The first-order valence-corrected chi connectivity index (χ1v) is 12.5. The highest BCUT2D eigenvalue weighted by molar-refractivity contribution is 6.08. The third-order valence-electron chi connectivity index (χ3n) is 7.00. The van der Waals surface area contributed by atoms with Crippen molar-refractivity contribution in [2.45, 2.75) is 52.4 Å². The van der Waals surface area contributed by atoms with Gasteiger partial charge in [0.2, 0.25) is 5.91 Å². The molecule has 2 aromatic carbocycles. The number of rotatable bonds is 8. The third kappa shape index (κ3) is 4.68. The van der Waals surface area contributed by atoms with Gasteiger partial charge in [0.25, 0.3) is 0 Å². The number of hydrogen-bond acceptors (Lipinski definition) is 5. The Morgan fingerprint density at radius 1 is 1.09 bits per heavy atom. The van der Waals surface area contributed by atoms with Crippen LogP contribution in [0.25, 0.3) is 21.8 Å². The lowest BCUT2D eigenvalue weighted by Gasteiger charge is -2.20. The normalized spacial score (nSPS) is 15.3. The van der Waals surface area contributed by atoms with E-state index in [9.17, 15) is 4.79 Å². The molecule has 0 saturated heterocycles. The lowest BCUT2D eigenvalue weighted by atomic mass is 10.1. The minimum Gasteiger partial charge on any atom is -0.384 e. The summed E-state index contributed by atoms with van der Waals surface area (Å²) < 4.78 is 9.58. The van der Waals surface area contributed by atoms with Crippen molar-refractivity contribution in [3.8, 4) is 0 Å². The van der Waals surface area contributed by atoms with Crippen LogP contribution in [0, 0.1) is 0 Å². The van der Waals surface area contributed by atoms with Crippen molar-refractivity contribution < 1.29 is 9.53 Å². The largest absolute Gasteiger partial charge is 0.384 e. The Hall–Kier alpha value is -3.23. The number of amides is 1. The number of nitrogens with one attached hydrogen (secondary N) is 1. The van der Waals surface area contributed by atoms with E-state index < -0.39 is 0 Å². The second-order valence-electron chi connectivity index (χ2n) is 9.30. The van der Waals surface area contributed by atoms with E-state index in [2.05, 4.69) is 78.9 Å². The van der Waals surface area contributed by atoms with E-state index in [4.69, 9.17) is 4.74 Å². The molecule has 35 heavy (non-hydrogen) atoms. The van der Waals surface area contributed by atoms with Gasteiger partial charge < -0.3 is 19.2 Å². The van der Waals surface area contributed by atoms with Gasteiger partial charge in [-0.1, -0.05) is 24.3 Å². The molecule has 3 heterocycles. The number of aryl methyl sites for hydroxylation is 1. The molecule has 0 aliphatic carbocycles. The quantitative estimate of drug-likeness (QED) is 0.422. The molecule has 0 saturated carbocycles. The van der Waals surface area contributed by atoms with E-state index >= 15 is 0 Å². The Bertz CT molecular complexity index is 1340. The fourth-order valence-electron chi connectivity index (χ4n) is 5.24. The maximum Gasteiger partial charge on any atom is 0.222 e. The van der Waals surface area contributed by atoms with E-state index in [-0.39, 0.29) is 11.9 Å². The minimum atomic E-state index is -0.189. The van der Waals surface area contributed by atoms with Gasteiger partial charge >= 0.3 is 0 Å². The number of nitrogens with zero attached hydrogens (tertiary/aromatic N) is 5. The molecule has 0 bridgehead atoms. The summed E-state index contributed by atoms with van der Waals surface area (Å²) in [6, 6.07) is 15.4. The molecule has 1 aliphatic rings. The van der Waals surface area contributed by atoms with Gasteiger partial charge in [0.1, 0.15) is 5.82 Å². The molecule has 8 heteroatoms. The van der Waals surface area contributed by atoms with Crippen LogP contribution >= 0.6 is 0 Å². The lowest BCUT2D eigenvalue weighted by Crippen LogP contribution is -2.30. The fraction of sp³-hybridized carbons (Fsp3) is 0.444. The molecule has 0 spiro atoms. The van der Waals surface area contributed by atoms with Gasteiger partial charge in [-0.05, 0) is 37.6 Å². The summed E-state index contributed by atoms with van der Waals surface area (Å²) in [6.07, 6.45) is 1.19. The highest BCUT2D eigenvalue weighted by Gasteiger charge is 2.23. The van der Waals surface area contributed by atoms with E-state index in [1.165, 1.54) is 27.4 Å². The molecule has 2 aromatic heterocycles. The highest BCUT2D eigenvalue weighted by Crippen LogP contribution is 2.30. The first kappa shape index (κ1) is 23.5. The van der Waals surface area contributed by atoms with Crippen LogP contribution in [0.1, 0.15) is 43.5 Å². The van der Waals surface area contributed by atoms with Crippen molar-refractivity contribution in [3.05, 3.63) is 59.7 Å². The van der Waals surface area contributed by atoms with Crippen molar-refractivity contribution in [2.75, 3.05) is 26.8 Å². The van der Waals surface area contributed by atoms with Crippen LogP contribution in [0.4, 0.5) is 0 Å². The zero-order chi connectivity index (χ0) is 24.4. The number of benzene rings is 2. The van der Waals surface area contributed by atoms with Crippen molar-refractivity contribution in [1.29, 1.82) is 0 Å². The molecule has 1 atom stereocenters. The van der Waals surface area contributed by atoms with Crippen molar-refractivity contribution in [3.63, 3.8) is 0 Å². The summed E-state index contributed by atoms with van der Waals surface area (Å²) in [7, 11) is 1.60. The summed E-state index contributed by atoms with van der Waals surface area (Å²) in [6.45, 7) is 9.10. The molecule has 1 amide bonds. The SMILES string of the molecule is CCn1c2ccccc2c2cc(CN3CCc4nnc([C@H](C)NC(=O)CCOC)n4CC3)ccc21. The zero-order valence-electron chi connectivity index (χ0n) is 20.8. The van der Waals surface area contributed by atoms with Crippen LogP contribution in [0.15, 0.2) is 42.5 Å². The number of hydrogen-bond donors (Lipinski definition) is 1. The van der Waals surface area contributed by atoms with Crippen LogP contribution in [-0.2, 0) is 35.6 Å². The molecular formula is C27H34N6O2. The van der Waals surface area contributed by atoms with Crippen molar-refractivity contribution in [2.24, 2.45) is 0 Å². The predicted octanol–water partition coefficient (Wildman–Crippen LogP) is 3.68. The van der Waals surface area contributed by atoms with Crippen LogP contribution in [-0.4, -0.2) is 56.9 Å². The number of carbonyl (C=O) groups is 1. The monoisotopic (exact) mass is 474 g/mol. The number of methoxy groups -OCH3 is 1. The van der Waals surface area contributed by atoms with Gasteiger partial charge in [-0.25, -0.2) is 0 Å². The van der Waals surface area contributed by atoms with E-state index in [1.54, 1.807) is 7.11 Å². The summed E-state index contributed by atoms with van der Waals surface area (Å²) in [5.41, 5.74) is 3.92. The Morgan fingerprint density at radius 2 is 1.91 bits per heavy atom. The molecule has 0 radical (unpaired) electrons. The number of ether oxygens (including phenoxy) is 1. The minimum absolute atomic E-state index is 0.0354. The van der Waals surface area contributed by atoms with E-state index in [0.717, 1.165) is 50.8 Å². The van der Waals surface area contributed by atoms with Gasteiger partial charge in [-0.3, -0.25) is 9.69 Å². The molecule has 0 unspecified atom stereocenters. The first-order chi connectivity index (χ1) is 17.1. The standard InChI is InChI=1S/C27H34N6O2/c1-4-32-23-8-6-5-7-21(23)22-17-20(9-10-24(22)32)18-31-13-11-25-29-30-27(33(25)15-14-31)19(2)28-26(34)12-16-35-3/h5-10,17,19H,4,11-16,18H2,1-3H3,(H,28,34)/t19-/m0/s1. The molecular weight excluding hydrogens is 440 g/mol. The molecule has 4 aromatic rings. The Balaban J connectivity index is 1.30. The molecule has 1 aliphatic heterocycles. The second kappa shape index (κ2) is 10.2. The van der Waals surface area contributed by atoms with Crippen LogP contribution in [0.5, 0.6) is 0 Å². The summed E-state index contributed by atoms with van der Waals surface area (Å²) in [5.74, 6) is 1.77. The number of fused-ring (bicyclic) bond motifs is 4. The predicted molar refractivity (Wildman–Crippen MR) is 137 cm³/mol. The van der Waals surface area contributed by atoms with Crippen molar-refractivity contribution in [1.82, 2.24) is 29.5 Å². The van der Waals surface area contributed by atoms with Gasteiger partial charge in [-0.2, -0.15) is 0 Å². The van der Waals surface area contributed by atoms with Crippen LogP contribution in [0.3, 0.4) is 0 Å². The Morgan fingerprint density at radius 3 is 2.74 bits per heavy atom. The van der Waals surface area contributed by atoms with Crippen LogP contribution in [0.2, 0.25) is 0 Å². The number of aromatic nitrogens is 4. The van der Waals surface area contributed by atoms with Crippen LogP contribution < -0.4 is 5.32 Å². The molecule has 1 N–H and O–H groups in total. The number of carbonyl (C=O) groups excluding carboxylic acids is 1. The van der Waals surface area contributed by atoms with Gasteiger partial charge in [0, 0.05) is 74.5 Å². The molecule has 8 nitrogen and oxygen atoms in total. The topological polar surface area (TPSA) is 77.2 Å². The average Bonchev–Trinajstić information content (AvgIpc) is 3.36. The first-order valence-electron chi connectivity index (χ1n) is 12.5. The molecule has 5 rings (SSSR count). The maximum atomic E-state index is 12.1. The lowest BCUT2D eigenvalue weighted by molar-refractivity contribution is -0.122. The Kier molecular flexibility index (Phi) is 6.83. The van der Waals surface area contributed by atoms with Crippen molar-refractivity contribution >= 4 is 27.7 Å². The van der Waals surface area contributed by atoms with Gasteiger partial charge in [0.15, 0.2) is 5.82 Å². The summed E-state index contributed by atoms with van der Waals surface area (Å²) >= 11 is 0. The van der Waals surface area contributed by atoms with Gasteiger partial charge in [-0.15, -0.1) is 10.2 Å². The second-order valence-corrected chi connectivity index (χ2v) is 9.30. The van der Waals surface area contributed by atoms with E-state index in [1.807, 2.05) is 6.92 Å². The maximum absolute atomic E-state index is 12.1. The Labute approximate surface area is 205 Å². The number of para-hydroxylation sites is 1. The average molecular weight is 475 g/mol. The summed E-state index contributed by atoms with van der Waals surface area (Å²) in [4.78, 5) is 14.6. The van der Waals surface area contributed by atoms with Gasteiger partial charge in [0.05, 0.1) is 12.6 Å². The summed E-state index contributed by atoms with van der Waals surface area (Å²) in [5, 5.41) is 14.5. The van der Waals surface area contributed by atoms with E-state index in [0.29, 0.717) is 13.0 Å².